The molecule has 3 N–H and O–H groups in total. The molecule has 0 atom stereocenters. The van der Waals surface area contributed by atoms with Crippen LogP contribution in [0.5, 0.6) is 0 Å². The van der Waals surface area contributed by atoms with Crippen LogP contribution in [0.2, 0.25) is 0 Å². The summed E-state index contributed by atoms with van der Waals surface area (Å²) in [4.78, 5) is 16.9. The molecule has 1 amide bonds. The van der Waals surface area contributed by atoms with Crippen molar-refractivity contribution in [3.63, 3.8) is 0 Å². The highest BCUT2D eigenvalue weighted by Gasteiger charge is 2.07. The second-order valence-corrected chi connectivity index (χ2v) is 6.29. The number of carbonyl (C=O) groups excluding carboxylic acids is 1. The van der Waals surface area contributed by atoms with Gasteiger partial charge < -0.3 is 20.4 Å². The lowest BCUT2D eigenvalue weighted by molar-refractivity contribution is 0.0948. The van der Waals surface area contributed by atoms with E-state index < -0.39 is 0 Å². The summed E-state index contributed by atoms with van der Waals surface area (Å²) in [5, 5.41) is 9.46. The molecule has 1 heterocycles. The Hall–Kier alpha value is -2.76. The minimum absolute atomic E-state index is 0.123. The summed E-state index contributed by atoms with van der Waals surface area (Å²) in [6.45, 7) is 6.86. The minimum Gasteiger partial charge on any atom is -0.467 e. The summed E-state index contributed by atoms with van der Waals surface area (Å²) in [5.74, 6) is 1.41. The van der Waals surface area contributed by atoms with Gasteiger partial charge in [-0.25, -0.2) is 4.99 Å². The van der Waals surface area contributed by atoms with Crippen LogP contribution >= 0.6 is 0 Å². The first kappa shape index (κ1) is 20.6. The number of nitrogens with zero attached hydrogens (tertiary/aromatic N) is 1. The van der Waals surface area contributed by atoms with Gasteiger partial charge in [-0.15, -0.1) is 0 Å². The fraction of sp³-hybridized carbons (Fsp3) is 0.429. The number of benzene rings is 1. The van der Waals surface area contributed by atoms with Crippen LogP contribution in [0.25, 0.3) is 0 Å². The Morgan fingerprint density at radius 2 is 1.96 bits per heavy atom. The Morgan fingerprint density at radius 1 is 1.07 bits per heavy atom. The molecule has 0 aliphatic rings. The molecular weight excluding hydrogens is 340 g/mol. The largest absolute Gasteiger partial charge is 0.467 e. The predicted molar refractivity (Wildman–Crippen MR) is 109 cm³/mol. The monoisotopic (exact) mass is 370 g/mol. The average Bonchev–Trinajstić information content (AvgIpc) is 3.21. The van der Waals surface area contributed by atoms with E-state index in [4.69, 9.17) is 4.42 Å². The van der Waals surface area contributed by atoms with E-state index in [0.717, 1.165) is 36.8 Å². The van der Waals surface area contributed by atoms with Crippen molar-refractivity contribution >= 4 is 11.9 Å². The van der Waals surface area contributed by atoms with E-state index in [1.54, 1.807) is 18.4 Å². The van der Waals surface area contributed by atoms with Gasteiger partial charge in [-0.2, -0.15) is 0 Å². The van der Waals surface area contributed by atoms with E-state index in [1.165, 1.54) is 12.8 Å². The molecule has 27 heavy (non-hydrogen) atoms. The first-order valence-corrected chi connectivity index (χ1v) is 9.64. The van der Waals surface area contributed by atoms with Gasteiger partial charge in [0, 0.05) is 18.7 Å². The van der Waals surface area contributed by atoms with Crippen LogP contribution in [0.1, 0.15) is 54.8 Å². The first-order valence-electron chi connectivity index (χ1n) is 9.64. The number of carbonyl (C=O) groups is 1. The summed E-state index contributed by atoms with van der Waals surface area (Å²) >= 11 is 0. The molecule has 6 heteroatoms. The Morgan fingerprint density at radius 3 is 2.70 bits per heavy atom. The molecule has 0 bridgehead atoms. The van der Waals surface area contributed by atoms with E-state index in [1.807, 2.05) is 31.2 Å². The molecule has 0 aliphatic heterocycles. The SMILES string of the molecule is CCCCCNC(=NCc1cccc(C(=O)NCc2ccco2)c1)NCC. The zero-order chi connectivity index (χ0) is 19.3. The minimum atomic E-state index is -0.123. The summed E-state index contributed by atoms with van der Waals surface area (Å²) in [6, 6.07) is 11.2. The zero-order valence-corrected chi connectivity index (χ0v) is 16.3. The van der Waals surface area contributed by atoms with Crippen molar-refractivity contribution in [2.75, 3.05) is 13.1 Å². The number of guanidine groups is 1. The second kappa shape index (κ2) is 11.8. The van der Waals surface area contributed by atoms with Gasteiger partial charge in [-0.05, 0) is 43.2 Å². The van der Waals surface area contributed by atoms with E-state index in [2.05, 4.69) is 27.9 Å². The van der Waals surface area contributed by atoms with Crippen LogP contribution in [-0.4, -0.2) is 25.0 Å². The van der Waals surface area contributed by atoms with Gasteiger partial charge >= 0.3 is 0 Å². The highest BCUT2D eigenvalue weighted by molar-refractivity contribution is 5.94. The Kier molecular flexibility index (Phi) is 8.96. The third-order valence-electron chi connectivity index (χ3n) is 4.03. The molecule has 0 saturated heterocycles. The molecule has 0 radical (unpaired) electrons. The number of furan rings is 1. The van der Waals surface area contributed by atoms with E-state index >= 15 is 0 Å². The molecule has 2 aromatic rings. The lowest BCUT2D eigenvalue weighted by Crippen LogP contribution is -2.37. The number of aliphatic imine (C=N–C) groups is 1. The van der Waals surface area contributed by atoms with E-state index in [-0.39, 0.29) is 5.91 Å². The molecule has 0 aliphatic carbocycles. The Labute approximate surface area is 161 Å². The maximum Gasteiger partial charge on any atom is 0.251 e. The van der Waals surface area contributed by atoms with Crippen LogP contribution < -0.4 is 16.0 Å². The van der Waals surface area contributed by atoms with Crippen LogP contribution in [0, 0.1) is 0 Å². The van der Waals surface area contributed by atoms with Gasteiger partial charge in [0.15, 0.2) is 5.96 Å². The lowest BCUT2D eigenvalue weighted by atomic mass is 10.1. The van der Waals surface area contributed by atoms with Crippen molar-refractivity contribution in [3.8, 4) is 0 Å². The number of hydrogen-bond donors (Lipinski definition) is 3. The summed E-state index contributed by atoms with van der Waals surface area (Å²) in [5.41, 5.74) is 1.61. The Bertz CT molecular complexity index is 711. The Balaban J connectivity index is 1.91. The molecular formula is C21H30N4O2. The topological polar surface area (TPSA) is 78.7 Å². The lowest BCUT2D eigenvalue weighted by Gasteiger charge is -2.11. The predicted octanol–water partition coefficient (Wildman–Crippen LogP) is 3.45. The number of rotatable bonds is 10. The number of amides is 1. The van der Waals surface area contributed by atoms with Crippen molar-refractivity contribution in [1.82, 2.24) is 16.0 Å². The highest BCUT2D eigenvalue weighted by atomic mass is 16.3. The second-order valence-electron chi connectivity index (χ2n) is 6.29. The summed E-state index contributed by atoms with van der Waals surface area (Å²) in [6.07, 6.45) is 5.14. The van der Waals surface area contributed by atoms with Gasteiger partial charge in [-0.1, -0.05) is 31.9 Å². The smallest absolute Gasteiger partial charge is 0.251 e. The number of nitrogens with one attached hydrogen (secondary N) is 3. The highest BCUT2D eigenvalue weighted by Crippen LogP contribution is 2.08. The van der Waals surface area contributed by atoms with Crippen molar-refractivity contribution < 1.29 is 9.21 Å². The van der Waals surface area contributed by atoms with Gasteiger partial charge in [0.2, 0.25) is 0 Å². The summed E-state index contributed by atoms with van der Waals surface area (Å²) in [7, 11) is 0. The van der Waals surface area contributed by atoms with Crippen molar-refractivity contribution in [2.24, 2.45) is 4.99 Å². The standard InChI is InChI=1S/C21H30N4O2/c1-3-5-6-12-23-21(22-4-2)25-15-17-9-7-10-18(14-17)20(26)24-16-19-11-8-13-27-19/h7-11,13-14H,3-6,12,15-16H2,1-2H3,(H,24,26)(H2,22,23,25). The normalized spacial score (nSPS) is 11.3. The summed E-state index contributed by atoms with van der Waals surface area (Å²) < 4.78 is 5.23. The molecule has 0 spiro atoms. The van der Waals surface area contributed by atoms with Crippen molar-refractivity contribution in [2.45, 2.75) is 46.2 Å². The molecule has 1 aromatic heterocycles. The molecule has 0 fully saturated rings. The maximum atomic E-state index is 12.3. The van der Waals surface area contributed by atoms with Crippen LogP contribution in [-0.2, 0) is 13.1 Å². The van der Waals surface area contributed by atoms with E-state index in [0.29, 0.717) is 18.7 Å². The molecule has 0 unspecified atom stereocenters. The van der Waals surface area contributed by atoms with E-state index in [9.17, 15) is 4.79 Å². The quantitative estimate of drug-likeness (QED) is 0.340. The van der Waals surface area contributed by atoms with Crippen LogP contribution in [0.15, 0.2) is 52.1 Å². The molecule has 6 nitrogen and oxygen atoms in total. The number of unbranched alkanes of at least 4 members (excludes halogenated alkanes) is 2. The van der Waals surface area contributed by atoms with Crippen LogP contribution in [0.3, 0.4) is 0 Å². The fourth-order valence-electron chi connectivity index (χ4n) is 2.59. The fourth-order valence-corrected chi connectivity index (χ4v) is 2.59. The van der Waals surface area contributed by atoms with Crippen molar-refractivity contribution in [3.05, 3.63) is 59.5 Å². The molecule has 2 rings (SSSR count). The molecule has 0 saturated carbocycles. The van der Waals surface area contributed by atoms with Crippen LogP contribution in [0.4, 0.5) is 0 Å². The van der Waals surface area contributed by atoms with Gasteiger partial charge in [0.05, 0.1) is 19.4 Å². The average molecular weight is 370 g/mol. The van der Waals surface area contributed by atoms with Gasteiger partial charge in [0.25, 0.3) is 5.91 Å². The maximum absolute atomic E-state index is 12.3. The molecule has 146 valence electrons. The molecule has 1 aromatic carbocycles. The third-order valence-corrected chi connectivity index (χ3v) is 4.03. The van der Waals surface area contributed by atoms with Gasteiger partial charge in [-0.3, -0.25) is 4.79 Å². The van der Waals surface area contributed by atoms with Gasteiger partial charge in [0.1, 0.15) is 5.76 Å². The number of hydrogen-bond acceptors (Lipinski definition) is 3. The zero-order valence-electron chi connectivity index (χ0n) is 16.3. The van der Waals surface area contributed by atoms with Crippen molar-refractivity contribution in [1.29, 1.82) is 0 Å². The first-order chi connectivity index (χ1) is 13.2. The third kappa shape index (κ3) is 7.56.